The first kappa shape index (κ1) is 16.5. The van der Waals surface area contributed by atoms with Gasteiger partial charge in [-0.15, -0.1) is 5.10 Å². The molecule has 1 aromatic heterocycles. The molecule has 6 heteroatoms. The Hall–Kier alpha value is -2.34. The number of hydrogen-bond acceptors (Lipinski definition) is 4. The molecule has 1 heterocycles. The summed E-state index contributed by atoms with van der Waals surface area (Å²) >= 11 is 1.33. The molecule has 0 fully saturated rings. The SMILES string of the molecule is CCC1=CCC(NC(=O)CSc2n[nH]c(-c3ccccc3)n2)C=C1. The Balaban J connectivity index is 1.48. The number of hydrogen-bond donors (Lipinski definition) is 2. The number of H-pyrrole nitrogens is 1. The summed E-state index contributed by atoms with van der Waals surface area (Å²) < 4.78 is 0. The first-order chi connectivity index (χ1) is 11.7. The lowest BCUT2D eigenvalue weighted by Gasteiger charge is -2.17. The van der Waals surface area contributed by atoms with Gasteiger partial charge in [-0.05, 0) is 12.8 Å². The standard InChI is InChI=1S/C18H20N4OS/c1-2-13-8-10-15(11-9-13)19-16(23)12-24-18-20-17(21-22-18)14-6-4-3-5-7-14/h3-10,15H,2,11-12H2,1H3,(H,19,23)(H,20,21,22). The van der Waals surface area contributed by atoms with Gasteiger partial charge in [0.05, 0.1) is 11.8 Å². The second-order valence-corrected chi connectivity index (χ2v) is 6.47. The largest absolute Gasteiger partial charge is 0.349 e. The van der Waals surface area contributed by atoms with Crippen molar-refractivity contribution < 1.29 is 4.79 Å². The Labute approximate surface area is 145 Å². The van der Waals surface area contributed by atoms with E-state index in [1.807, 2.05) is 30.3 Å². The predicted molar refractivity (Wildman–Crippen MR) is 96.6 cm³/mol. The van der Waals surface area contributed by atoms with E-state index in [2.05, 4.69) is 45.6 Å². The van der Waals surface area contributed by atoms with Crippen LogP contribution in [0.25, 0.3) is 11.4 Å². The minimum absolute atomic E-state index is 0.00550. The molecule has 0 aliphatic heterocycles. The van der Waals surface area contributed by atoms with Crippen LogP contribution in [0.3, 0.4) is 0 Å². The Morgan fingerprint density at radius 2 is 2.21 bits per heavy atom. The van der Waals surface area contributed by atoms with Crippen LogP contribution in [0.4, 0.5) is 0 Å². The molecule has 1 aliphatic rings. The highest BCUT2D eigenvalue weighted by molar-refractivity contribution is 7.99. The van der Waals surface area contributed by atoms with Crippen molar-refractivity contribution >= 4 is 17.7 Å². The summed E-state index contributed by atoms with van der Waals surface area (Å²) in [7, 11) is 0. The van der Waals surface area contributed by atoms with Gasteiger partial charge in [-0.1, -0.05) is 72.8 Å². The van der Waals surface area contributed by atoms with E-state index in [4.69, 9.17) is 0 Å². The van der Waals surface area contributed by atoms with Crippen molar-refractivity contribution in [3.63, 3.8) is 0 Å². The highest BCUT2D eigenvalue weighted by atomic mass is 32.2. The zero-order chi connectivity index (χ0) is 16.8. The van der Waals surface area contributed by atoms with E-state index in [0.717, 1.165) is 18.4 Å². The van der Waals surface area contributed by atoms with E-state index < -0.39 is 0 Å². The Morgan fingerprint density at radius 3 is 2.92 bits per heavy atom. The van der Waals surface area contributed by atoms with Gasteiger partial charge in [-0.25, -0.2) is 4.98 Å². The molecular weight excluding hydrogens is 320 g/mol. The summed E-state index contributed by atoms with van der Waals surface area (Å²) in [5, 5.41) is 10.7. The molecule has 124 valence electrons. The van der Waals surface area contributed by atoms with Crippen LogP contribution in [0.1, 0.15) is 19.8 Å². The lowest BCUT2D eigenvalue weighted by Crippen LogP contribution is -2.35. The smallest absolute Gasteiger partial charge is 0.230 e. The molecule has 0 saturated carbocycles. The molecule has 1 amide bonds. The monoisotopic (exact) mass is 340 g/mol. The summed E-state index contributed by atoms with van der Waals surface area (Å²) in [6.07, 6.45) is 8.21. The summed E-state index contributed by atoms with van der Waals surface area (Å²) in [5.41, 5.74) is 2.30. The summed E-state index contributed by atoms with van der Waals surface area (Å²) in [6.45, 7) is 2.13. The fraction of sp³-hybridized carbons (Fsp3) is 0.278. The number of benzene rings is 1. The van der Waals surface area contributed by atoms with Crippen molar-refractivity contribution in [3.8, 4) is 11.4 Å². The topological polar surface area (TPSA) is 70.7 Å². The van der Waals surface area contributed by atoms with Crippen LogP contribution < -0.4 is 5.32 Å². The molecule has 1 aromatic carbocycles. The fourth-order valence-corrected chi connectivity index (χ4v) is 3.06. The second-order valence-electron chi connectivity index (χ2n) is 5.52. The van der Waals surface area contributed by atoms with E-state index in [1.165, 1.54) is 17.3 Å². The fourth-order valence-electron chi connectivity index (χ4n) is 2.45. The molecule has 0 spiro atoms. The van der Waals surface area contributed by atoms with Gasteiger partial charge in [0.15, 0.2) is 5.82 Å². The minimum atomic E-state index is -0.00550. The summed E-state index contributed by atoms with van der Waals surface area (Å²) in [4.78, 5) is 16.5. The van der Waals surface area contributed by atoms with Crippen molar-refractivity contribution in [2.75, 3.05) is 5.75 Å². The van der Waals surface area contributed by atoms with Crippen molar-refractivity contribution in [2.24, 2.45) is 0 Å². The van der Waals surface area contributed by atoms with Crippen LogP contribution in [0.2, 0.25) is 0 Å². The lowest BCUT2D eigenvalue weighted by atomic mass is 10.0. The van der Waals surface area contributed by atoms with E-state index in [9.17, 15) is 4.79 Å². The number of amides is 1. The third-order valence-corrected chi connectivity index (χ3v) is 4.62. The van der Waals surface area contributed by atoms with E-state index >= 15 is 0 Å². The molecule has 0 radical (unpaired) electrons. The molecule has 1 atom stereocenters. The maximum absolute atomic E-state index is 12.1. The number of allylic oxidation sites excluding steroid dienone is 2. The predicted octanol–water partition coefficient (Wildman–Crippen LogP) is 3.34. The number of carbonyl (C=O) groups excluding carboxylic acids is 1. The van der Waals surface area contributed by atoms with Crippen LogP contribution in [0.5, 0.6) is 0 Å². The first-order valence-corrected chi connectivity index (χ1v) is 9.00. The van der Waals surface area contributed by atoms with Crippen LogP contribution in [0, 0.1) is 0 Å². The molecule has 0 saturated heterocycles. The number of nitrogens with zero attached hydrogens (tertiary/aromatic N) is 2. The highest BCUT2D eigenvalue weighted by Crippen LogP contribution is 2.19. The zero-order valence-corrected chi connectivity index (χ0v) is 14.3. The molecule has 2 N–H and O–H groups in total. The van der Waals surface area contributed by atoms with Crippen molar-refractivity contribution in [2.45, 2.75) is 31.0 Å². The maximum Gasteiger partial charge on any atom is 0.230 e. The number of nitrogens with one attached hydrogen (secondary N) is 2. The Morgan fingerprint density at radius 1 is 1.38 bits per heavy atom. The molecule has 2 aromatic rings. The molecule has 1 aliphatic carbocycles. The van der Waals surface area contributed by atoms with Crippen LogP contribution in [-0.4, -0.2) is 32.9 Å². The lowest BCUT2D eigenvalue weighted by molar-refractivity contribution is -0.118. The molecule has 0 bridgehead atoms. The molecule has 1 unspecified atom stereocenters. The number of rotatable bonds is 6. The summed E-state index contributed by atoms with van der Waals surface area (Å²) in [5.74, 6) is 1.01. The van der Waals surface area contributed by atoms with Gasteiger partial charge in [-0.2, -0.15) is 0 Å². The molecule has 24 heavy (non-hydrogen) atoms. The van der Waals surface area contributed by atoms with Crippen LogP contribution in [-0.2, 0) is 4.79 Å². The van der Waals surface area contributed by atoms with Gasteiger partial charge in [0, 0.05) is 5.56 Å². The van der Waals surface area contributed by atoms with Crippen molar-refractivity contribution in [1.82, 2.24) is 20.5 Å². The van der Waals surface area contributed by atoms with Crippen molar-refractivity contribution in [1.29, 1.82) is 0 Å². The highest BCUT2D eigenvalue weighted by Gasteiger charge is 2.13. The van der Waals surface area contributed by atoms with Crippen molar-refractivity contribution in [3.05, 3.63) is 54.1 Å². The van der Waals surface area contributed by atoms with E-state index in [0.29, 0.717) is 16.7 Å². The normalized spacial score (nSPS) is 16.7. The Kier molecular flexibility index (Phi) is 5.48. The van der Waals surface area contributed by atoms with Crippen LogP contribution in [0.15, 0.2) is 59.3 Å². The zero-order valence-electron chi connectivity index (χ0n) is 13.5. The number of aromatic nitrogens is 3. The maximum atomic E-state index is 12.1. The Bertz CT molecular complexity index is 751. The quantitative estimate of drug-likeness (QED) is 0.791. The van der Waals surface area contributed by atoms with Gasteiger partial charge in [0.25, 0.3) is 0 Å². The van der Waals surface area contributed by atoms with E-state index in [-0.39, 0.29) is 11.9 Å². The molecule has 5 nitrogen and oxygen atoms in total. The van der Waals surface area contributed by atoms with Crippen LogP contribution >= 0.6 is 11.8 Å². The average molecular weight is 340 g/mol. The minimum Gasteiger partial charge on any atom is -0.349 e. The van der Waals surface area contributed by atoms with Gasteiger partial charge >= 0.3 is 0 Å². The molecule has 3 rings (SSSR count). The van der Waals surface area contributed by atoms with Gasteiger partial charge in [0.1, 0.15) is 0 Å². The second kappa shape index (κ2) is 7.97. The van der Waals surface area contributed by atoms with E-state index in [1.54, 1.807) is 0 Å². The van der Waals surface area contributed by atoms with Gasteiger partial charge in [-0.3, -0.25) is 9.89 Å². The molecular formula is C18H20N4OS. The number of aromatic amines is 1. The average Bonchev–Trinajstić information content (AvgIpc) is 3.10. The van der Waals surface area contributed by atoms with Gasteiger partial charge in [0.2, 0.25) is 11.1 Å². The number of carbonyl (C=O) groups is 1. The van der Waals surface area contributed by atoms with Gasteiger partial charge < -0.3 is 5.32 Å². The third kappa shape index (κ3) is 4.35. The third-order valence-electron chi connectivity index (χ3n) is 3.78. The summed E-state index contributed by atoms with van der Waals surface area (Å²) in [6, 6.07) is 9.88. The number of thioether (sulfide) groups is 1. The first-order valence-electron chi connectivity index (χ1n) is 8.02.